The van der Waals surface area contributed by atoms with E-state index in [0.29, 0.717) is 17.4 Å². The van der Waals surface area contributed by atoms with Crippen molar-refractivity contribution in [3.05, 3.63) is 146 Å². The molecule has 0 bridgehead atoms. The molecule has 0 aliphatic rings. The second kappa shape index (κ2) is 81.0. The number of rotatable bonds is 78. The molecule has 0 heterocycles. The lowest BCUT2D eigenvalue weighted by Gasteiger charge is -2.28. The Kier molecular flexibility index (Phi) is 77.7. The molecular weight excluding hydrogens is 1280 g/mol. The number of phosphoric ester groups is 1. The van der Waals surface area contributed by atoms with Crippen LogP contribution < -0.4 is 4.89 Å². The maximum absolute atomic E-state index is 12.9. The first-order valence-electron chi connectivity index (χ1n) is 42.5. The van der Waals surface area contributed by atoms with Crippen LogP contribution in [0.3, 0.4) is 0 Å². The molecule has 2 unspecified atom stereocenters. The van der Waals surface area contributed by atoms with E-state index in [0.717, 1.165) is 116 Å². The van der Waals surface area contributed by atoms with Crippen LogP contribution >= 0.6 is 7.82 Å². The molecule has 0 N–H and O–H groups in total. The molecule has 0 amide bonds. The fourth-order valence-electron chi connectivity index (χ4n) is 12.0. The third kappa shape index (κ3) is 84.8. The van der Waals surface area contributed by atoms with Gasteiger partial charge < -0.3 is 27.9 Å². The van der Waals surface area contributed by atoms with Crippen LogP contribution in [0.5, 0.6) is 0 Å². The van der Waals surface area contributed by atoms with Gasteiger partial charge in [0.2, 0.25) is 0 Å². The fourth-order valence-corrected chi connectivity index (χ4v) is 12.7. The van der Waals surface area contributed by atoms with Gasteiger partial charge in [-0.25, -0.2) is 0 Å². The van der Waals surface area contributed by atoms with Crippen molar-refractivity contribution in [1.29, 1.82) is 0 Å². The van der Waals surface area contributed by atoms with Crippen molar-refractivity contribution < 1.29 is 42.1 Å². The quantitative estimate of drug-likeness (QED) is 0.0195. The number of hydrogen-bond acceptors (Lipinski definition) is 8. The van der Waals surface area contributed by atoms with E-state index in [4.69, 9.17) is 18.5 Å². The summed E-state index contributed by atoms with van der Waals surface area (Å²) in [6.07, 6.45) is 120. The van der Waals surface area contributed by atoms with Crippen molar-refractivity contribution >= 4 is 19.8 Å². The predicted octanol–water partition coefficient (Wildman–Crippen LogP) is 28.2. The first-order chi connectivity index (χ1) is 50.0. The van der Waals surface area contributed by atoms with Crippen molar-refractivity contribution in [2.45, 2.75) is 380 Å². The van der Waals surface area contributed by atoms with E-state index in [2.05, 4.69) is 160 Å². The molecule has 0 aromatic rings. The first kappa shape index (κ1) is 97.9. The monoisotopic (exact) mass is 1440 g/mol. The average molecular weight is 1440 g/mol. The number of nitrogens with zero attached hydrogens (tertiary/aromatic N) is 1. The van der Waals surface area contributed by atoms with Crippen LogP contribution in [0.15, 0.2) is 146 Å². The summed E-state index contributed by atoms with van der Waals surface area (Å²) < 4.78 is 34.5. The van der Waals surface area contributed by atoms with E-state index < -0.39 is 26.5 Å². The topological polar surface area (TPSA) is 111 Å². The molecule has 0 radical (unpaired) electrons. The number of ether oxygens (including phenoxy) is 2. The number of esters is 2. The molecule has 0 saturated heterocycles. The maximum Gasteiger partial charge on any atom is 0.306 e. The van der Waals surface area contributed by atoms with E-state index in [9.17, 15) is 19.0 Å². The van der Waals surface area contributed by atoms with E-state index in [-0.39, 0.29) is 32.0 Å². The van der Waals surface area contributed by atoms with E-state index in [1.54, 1.807) is 0 Å². The Morgan fingerprint density at radius 2 is 0.529 bits per heavy atom. The lowest BCUT2D eigenvalue weighted by molar-refractivity contribution is -0.870. The zero-order valence-electron chi connectivity index (χ0n) is 67.0. The van der Waals surface area contributed by atoms with Crippen molar-refractivity contribution in [3.8, 4) is 0 Å². The molecule has 0 aromatic carbocycles. The molecule has 0 rings (SSSR count). The standard InChI is InChI=1S/C92H160NO8P/c1-6-8-10-12-14-16-18-20-22-24-26-28-30-32-34-36-38-40-42-44-45-46-47-49-51-53-55-57-59-61-63-65-67-69-71-73-75-77-79-81-83-85-92(95)101-90(89-100-102(96,97)99-87-86-93(3,4)5)88-98-91(94)84-82-80-78-76-74-72-70-68-66-64-62-60-58-56-54-52-50-48-43-41-39-37-35-33-31-29-27-25-23-21-19-17-15-13-11-9-7-2/h8-11,14-17,20-23,26-29,32,34,38,40,44-45,47,49,90H,6-7,12-13,18-19,24-25,30-31,33,35-37,39,41-43,46,48,50-89H2,1-5H3/b10-8-,11-9-,16-14-,17-15-,22-20-,23-21-,28-26-,29-27-,34-32-,40-38-,45-44-,49-47-. The highest BCUT2D eigenvalue weighted by molar-refractivity contribution is 7.45. The van der Waals surface area contributed by atoms with Gasteiger partial charge in [0.15, 0.2) is 6.10 Å². The molecule has 0 fully saturated rings. The van der Waals surface area contributed by atoms with Crippen molar-refractivity contribution in [3.63, 3.8) is 0 Å². The van der Waals surface area contributed by atoms with E-state index in [1.807, 2.05) is 21.1 Å². The Hall–Kier alpha value is -4.11. The van der Waals surface area contributed by atoms with Gasteiger partial charge in [-0.1, -0.05) is 391 Å². The molecule has 102 heavy (non-hydrogen) atoms. The number of hydrogen-bond donors (Lipinski definition) is 0. The van der Waals surface area contributed by atoms with Crippen LogP contribution in [0, 0.1) is 0 Å². The summed E-state index contributed by atoms with van der Waals surface area (Å²) >= 11 is 0. The molecule has 0 aromatic heterocycles. The molecule has 9 nitrogen and oxygen atoms in total. The largest absolute Gasteiger partial charge is 0.756 e. The number of likely N-dealkylation sites (N-methyl/N-ethyl adjacent to an activating group) is 1. The van der Waals surface area contributed by atoms with Gasteiger partial charge in [0.1, 0.15) is 19.8 Å². The Morgan fingerprint density at radius 1 is 0.304 bits per heavy atom. The van der Waals surface area contributed by atoms with Gasteiger partial charge in [-0.15, -0.1) is 0 Å². The van der Waals surface area contributed by atoms with Crippen LogP contribution in [0.4, 0.5) is 0 Å². The average Bonchev–Trinajstić information content (AvgIpc) is 0.916. The normalized spacial score (nSPS) is 13.7. The lowest BCUT2D eigenvalue weighted by Crippen LogP contribution is -2.37. The van der Waals surface area contributed by atoms with Gasteiger partial charge in [-0.3, -0.25) is 14.2 Å². The summed E-state index contributed by atoms with van der Waals surface area (Å²) in [4.78, 5) is 38.2. The SMILES string of the molecule is CC/C=C\C/C=C\C/C=C\C/C=C\C/C=C\C/C=C\C/C=C\C/C=C\CCCCCCCCCCCCCCCCCCC(=O)OC(COC(=O)CCCCCCCCCCCCCCCCCCCCCCCCCC/C=C\C/C=C\C/C=C\C/C=C\CC)COP(=O)([O-])OCC[N+](C)(C)C. The van der Waals surface area contributed by atoms with Gasteiger partial charge in [-0.2, -0.15) is 0 Å². The highest BCUT2D eigenvalue weighted by Crippen LogP contribution is 2.38. The molecule has 0 aliphatic heterocycles. The highest BCUT2D eigenvalue weighted by atomic mass is 31.2. The predicted molar refractivity (Wildman–Crippen MR) is 443 cm³/mol. The number of carbonyl (C=O) groups is 2. The Labute approximate surface area is 631 Å². The Bertz CT molecular complexity index is 2240. The molecule has 0 spiro atoms. The number of phosphoric acid groups is 1. The van der Waals surface area contributed by atoms with Crippen LogP contribution in [-0.4, -0.2) is 70.0 Å². The fraction of sp³-hybridized carbons (Fsp3) is 0.717. The van der Waals surface area contributed by atoms with Gasteiger partial charge >= 0.3 is 11.9 Å². The third-order valence-electron chi connectivity index (χ3n) is 18.4. The van der Waals surface area contributed by atoms with Gasteiger partial charge in [-0.05, 0) is 116 Å². The van der Waals surface area contributed by atoms with Crippen LogP contribution in [0.2, 0.25) is 0 Å². The van der Waals surface area contributed by atoms with Crippen molar-refractivity contribution in [2.24, 2.45) is 0 Å². The number of allylic oxidation sites excluding steroid dienone is 24. The Balaban J connectivity index is 3.93. The summed E-state index contributed by atoms with van der Waals surface area (Å²) in [7, 11) is 1.17. The third-order valence-corrected chi connectivity index (χ3v) is 19.3. The Morgan fingerprint density at radius 3 is 0.784 bits per heavy atom. The molecular formula is C92H160NO8P. The van der Waals surface area contributed by atoms with E-state index in [1.165, 1.54) is 225 Å². The molecule has 586 valence electrons. The minimum absolute atomic E-state index is 0.0331. The summed E-state index contributed by atoms with van der Waals surface area (Å²) in [6.45, 7) is 4.05. The highest BCUT2D eigenvalue weighted by Gasteiger charge is 2.22. The first-order valence-corrected chi connectivity index (χ1v) is 44.0. The van der Waals surface area contributed by atoms with Gasteiger partial charge in [0.05, 0.1) is 27.7 Å². The molecule has 0 aliphatic carbocycles. The van der Waals surface area contributed by atoms with Crippen LogP contribution in [0.1, 0.15) is 373 Å². The van der Waals surface area contributed by atoms with Crippen molar-refractivity contribution in [1.82, 2.24) is 0 Å². The maximum atomic E-state index is 12.9. The minimum Gasteiger partial charge on any atom is -0.756 e. The smallest absolute Gasteiger partial charge is 0.306 e. The summed E-state index contributed by atoms with van der Waals surface area (Å²) in [6, 6.07) is 0. The zero-order valence-corrected chi connectivity index (χ0v) is 67.9. The molecule has 10 heteroatoms. The second-order valence-electron chi connectivity index (χ2n) is 29.4. The molecule has 2 atom stereocenters. The van der Waals surface area contributed by atoms with Gasteiger partial charge in [0, 0.05) is 12.8 Å². The number of quaternary nitrogens is 1. The number of carbonyl (C=O) groups excluding carboxylic acids is 2. The summed E-state index contributed by atoms with van der Waals surface area (Å²) in [5.74, 6) is -0.821. The van der Waals surface area contributed by atoms with Gasteiger partial charge in [0.25, 0.3) is 7.82 Å². The molecule has 0 saturated carbocycles. The zero-order chi connectivity index (χ0) is 74.0. The lowest BCUT2D eigenvalue weighted by atomic mass is 10.0. The van der Waals surface area contributed by atoms with Crippen LogP contribution in [-0.2, 0) is 32.7 Å². The summed E-state index contributed by atoms with van der Waals surface area (Å²) in [5, 5.41) is 0. The van der Waals surface area contributed by atoms with Crippen molar-refractivity contribution in [2.75, 3.05) is 47.5 Å². The van der Waals surface area contributed by atoms with Crippen LogP contribution in [0.25, 0.3) is 0 Å². The number of unbranched alkanes of at least 4 members (excludes halogenated alkanes) is 40. The van der Waals surface area contributed by atoms with E-state index >= 15 is 0 Å². The summed E-state index contributed by atoms with van der Waals surface area (Å²) in [5.41, 5.74) is 0. The minimum atomic E-state index is -4.65. The second-order valence-corrected chi connectivity index (χ2v) is 30.8.